The van der Waals surface area contributed by atoms with Crippen LogP contribution in [0.15, 0.2) is 10.2 Å². The van der Waals surface area contributed by atoms with E-state index in [-0.39, 0.29) is 93.1 Å². The summed E-state index contributed by atoms with van der Waals surface area (Å²) in [7, 11) is -4.69. The van der Waals surface area contributed by atoms with Crippen LogP contribution in [0, 0.1) is 58.7 Å². The highest BCUT2D eigenvalue weighted by Crippen LogP contribution is 2.45. The van der Waals surface area contributed by atoms with Crippen LogP contribution >= 0.6 is 8.58 Å². The summed E-state index contributed by atoms with van der Waals surface area (Å²) in [6, 6.07) is 3.28. The summed E-state index contributed by atoms with van der Waals surface area (Å²) in [4.78, 5) is 53.9. The molecule has 132 heavy (non-hydrogen) atoms. The van der Waals surface area contributed by atoms with Crippen molar-refractivity contribution in [2.24, 2.45) is 57.6 Å². The van der Waals surface area contributed by atoms with Crippen LogP contribution in [0.1, 0.15) is 426 Å². The predicted octanol–water partition coefficient (Wildman–Crippen LogP) is 23.6. The average Bonchev–Trinajstić information content (AvgIpc) is 0.797. The van der Waals surface area contributed by atoms with Gasteiger partial charge in [-0.2, -0.15) is 15.5 Å². The normalized spacial score (nSPS) is 31.5. The predicted molar refractivity (Wildman–Crippen MR) is 522 cm³/mol. The third kappa shape index (κ3) is 40.9. The molecule has 10 fully saturated rings. The summed E-state index contributed by atoms with van der Waals surface area (Å²) in [6.45, 7) is 14.6. The van der Waals surface area contributed by atoms with E-state index in [1.54, 1.807) is 0 Å². The number of azo groups is 1. The number of rotatable bonds is 61. The largest absolute Gasteiger partial charge is 0.469 e. The number of nitrogens with zero attached hydrogens (tertiary/aromatic N) is 3. The molecule has 0 bridgehead atoms. The summed E-state index contributed by atoms with van der Waals surface area (Å²) in [5.41, 5.74) is -0.688. The molecule has 9 atom stereocenters. The van der Waals surface area contributed by atoms with Gasteiger partial charge in [-0.15, -0.1) is 8.58 Å². The van der Waals surface area contributed by atoms with Crippen molar-refractivity contribution in [2.75, 3.05) is 79.3 Å². The van der Waals surface area contributed by atoms with E-state index in [1.807, 2.05) is 13.8 Å². The quantitative estimate of drug-likeness (QED) is 0.0180. The number of carbonyl (C=O) groups is 4. The minimum atomic E-state index is -3.26. The molecule has 0 amide bonds. The first-order chi connectivity index (χ1) is 64.1. The molecular formula is C106H184N3O20PS2. The third-order valence-corrected chi connectivity index (χ3v) is 40.1. The maximum absolute atomic E-state index is 14.2. The monoisotopic (exact) mass is 1910 g/mol. The first kappa shape index (κ1) is 111. The van der Waals surface area contributed by atoms with Crippen molar-refractivity contribution >= 4 is 52.1 Å². The van der Waals surface area contributed by atoms with Crippen LogP contribution in [0.5, 0.6) is 0 Å². The lowest BCUT2D eigenvalue weighted by Gasteiger charge is -2.36. The molecule has 10 rings (SSSR count). The SMILES string of the molecule is CCCCCCCOC1CCC(S(=O)(=O)C2CCC(OCCCCCCOC(=O)C3CC(OCCCCCCOC4CCC(C5CCC(C#N)CC5)CC4)CC(C(=O)OC(C)(C)CCCCCCOC4CCC(S(=O)(=O)C5CCC(OCCCCCCOC(=O)C6CC(OCCCCCCOC7CCC(N=NC8CCC(C)CC8)CC7)CC(C(=O)OC)C6)CP5)CC4)C3)CC2)CC1. The number of sulfone groups is 2. The Morgan fingerprint density at radius 3 is 1.02 bits per heavy atom. The molecule has 9 aliphatic carbocycles. The van der Waals surface area contributed by atoms with Gasteiger partial charge in [0.15, 0.2) is 19.7 Å². The Bertz CT molecular complexity index is 3450. The number of methoxy groups -OCH3 is 1. The summed E-state index contributed by atoms with van der Waals surface area (Å²) in [6.07, 6.45) is 58.8. The van der Waals surface area contributed by atoms with E-state index in [2.05, 4.69) is 19.9 Å². The molecule has 10 aliphatic rings. The molecule has 0 aromatic rings. The fourth-order valence-corrected chi connectivity index (χ4v) is 30.6. The van der Waals surface area contributed by atoms with Crippen LogP contribution in [0.2, 0.25) is 0 Å². The minimum Gasteiger partial charge on any atom is -0.469 e. The van der Waals surface area contributed by atoms with Crippen molar-refractivity contribution in [3.63, 3.8) is 0 Å². The van der Waals surface area contributed by atoms with E-state index in [0.29, 0.717) is 169 Å². The van der Waals surface area contributed by atoms with Gasteiger partial charge in [0.2, 0.25) is 0 Å². The van der Waals surface area contributed by atoms with Crippen LogP contribution in [0.4, 0.5) is 0 Å². The van der Waals surface area contributed by atoms with Gasteiger partial charge in [0.25, 0.3) is 0 Å². The summed E-state index contributed by atoms with van der Waals surface area (Å²) >= 11 is 0. The standard InChI is InChI=1S/C106H184N3O20PS2/c1-6-7-8-10-21-62-121-92-47-54-98(55-48-92)131(114,115)99-56-49-93(50-57-99)123-66-25-16-18-29-71-128-104(112)86-73-87(77-97(76-86)126-69-28-14-12-23-64-119-90-43-37-83(38-44-90)82-35-33-81(78-107)34-36-82)105(113)129-106(3,4)61-20-9-11-22-63-122-94-51-58-100(59-52-94)132(116,117)101-60-53-95(79-130-101)124-67-26-17-19-30-70-127-103(111)85-72-84(102(110)118-5)74-96(75-85)125-68-27-15-13-24-65-120-91-45-41-89(42-46-91)109-108-88-39-31-80(2)32-40-88/h80-101,130H,6-77,79H2,1-5H3. The maximum atomic E-state index is 14.2. The Hall–Kier alpha value is -3.02. The summed E-state index contributed by atoms with van der Waals surface area (Å²) in [5, 5.41) is 18.0. The smallest absolute Gasteiger partial charge is 0.309 e. The molecule has 1 heterocycles. The molecule has 0 radical (unpaired) electrons. The molecule has 0 N–H and O–H groups in total. The Morgan fingerprint density at radius 1 is 0.341 bits per heavy atom. The van der Waals surface area contributed by atoms with Gasteiger partial charge < -0.3 is 56.8 Å². The average molecular weight is 1920 g/mol. The van der Waals surface area contributed by atoms with Crippen molar-refractivity contribution in [2.45, 2.75) is 513 Å². The number of carbonyl (C=O) groups excluding carboxylic acids is 4. The molecule has 1 aliphatic heterocycles. The highest BCUT2D eigenvalue weighted by Gasteiger charge is 2.45. The van der Waals surface area contributed by atoms with Crippen LogP contribution < -0.4 is 0 Å². The molecule has 9 saturated carbocycles. The fourth-order valence-electron chi connectivity index (χ4n) is 23.3. The number of unbranched alkanes of at least 4 members (excludes halogenated alkanes) is 19. The van der Waals surface area contributed by atoms with E-state index in [9.17, 15) is 41.3 Å². The number of hydrogen-bond acceptors (Lipinski definition) is 23. The van der Waals surface area contributed by atoms with Crippen LogP contribution in [0.25, 0.3) is 0 Å². The van der Waals surface area contributed by atoms with E-state index in [0.717, 1.165) is 275 Å². The molecule has 760 valence electrons. The second-order valence-electron chi connectivity index (χ2n) is 43.0. The molecule has 9 unspecified atom stereocenters. The first-order valence-electron chi connectivity index (χ1n) is 54.7. The lowest BCUT2D eigenvalue weighted by Crippen LogP contribution is -2.40. The first-order valence-corrected chi connectivity index (χ1v) is 59.2. The third-order valence-electron chi connectivity index (χ3n) is 32.0. The number of hydrogen-bond donors (Lipinski definition) is 0. The Kier molecular flexibility index (Phi) is 52.4. The van der Waals surface area contributed by atoms with Gasteiger partial charge in [-0.25, -0.2) is 16.8 Å². The molecular weight excluding hydrogens is 1730 g/mol. The highest BCUT2D eigenvalue weighted by atomic mass is 32.2. The zero-order valence-electron chi connectivity index (χ0n) is 83.1. The van der Waals surface area contributed by atoms with E-state index in [4.69, 9.17) is 67.1 Å². The molecule has 1 saturated heterocycles. The zero-order valence-corrected chi connectivity index (χ0v) is 85.8. The Morgan fingerprint density at radius 2 is 0.652 bits per heavy atom. The van der Waals surface area contributed by atoms with E-state index < -0.39 is 43.0 Å². The second-order valence-corrected chi connectivity index (χ2v) is 49.9. The molecule has 0 aromatic carbocycles. The topological polar surface area (TPSA) is 296 Å². The number of nitriles is 1. The van der Waals surface area contributed by atoms with E-state index in [1.165, 1.54) is 84.2 Å². The maximum Gasteiger partial charge on any atom is 0.309 e. The van der Waals surface area contributed by atoms with Crippen molar-refractivity contribution < 1.29 is 92.9 Å². The Labute approximate surface area is 801 Å². The van der Waals surface area contributed by atoms with Crippen LogP contribution in [-0.4, -0.2) is 207 Å². The Balaban J connectivity index is 0.532. The van der Waals surface area contributed by atoms with Crippen LogP contribution in [0.3, 0.4) is 0 Å². The molecule has 23 nitrogen and oxygen atoms in total. The van der Waals surface area contributed by atoms with Gasteiger partial charge in [-0.1, -0.05) is 90.9 Å². The zero-order chi connectivity index (χ0) is 93.4. The van der Waals surface area contributed by atoms with Gasteiger partial charge in [-0.3, -0.25) is 19.2 Å². The van der Waals surface area contributed by atoms with E-state index >= 15 is 0 Å². The van der Waals surface area contributed by atoms with Crippen molar-refractivity contribution in [3.05, 3.63) is 0 Å². The van der Waals surface area contributed by atoms with Gasteiger partial charge in [0.05, 0.1) is 132 Å². The highest BCUT2D eigenvalue weighted by molar-refractivity contribution is 7.97. The second kappa shape index (κ2) is 62.3. The summed E-state index contributed by atoms with van der Waals surface area (Å²) in [5.74, 6) is -0.162. The van der Waals surface area contributed by atoms with Gasteiger partial charge in [-0.05, 0) is 359 Å². The molecule has 0 spiro atoms. The molecule has 0 aromatic heterocycles. The lowest BCUT2D eigenvalue weighted by atomic mass is 9.71. The molecule has 26 heteroatoms. The number of esters is 4. The van der Waals surface area contributed by atoms with Crippen LogP contribution in [-0.2, 0) is 95.7 Å². The van der Waals surface area contributed by atoms with Gasteiger partial charge >= 0.3 is 23.9 Å². The van der Waals surface area contributed by atoms with Crippen molar-refractivity contribution in [1.29, 1.82) is 5.26 Å². The lowest BCUT2D eigenvalue weighted by molar-refractivity contribution is -0.169. The van der Waals surface area contributed by atoms with Crippen molar-refractivity contribution in [3.8, 4) is 6.07 Å². The number of ether oxygens (including phenoxy) is 12. The summed E-state index contributed by atoms with van der Waals surface area (Å²) < 4.78 is 129. The van der Waals surface area contributed by atoms with Gasteiger partial charge in [0, 0.05) is 58.8 Å². The van der Waals surface area contributed by atoms with Gasteiger partial charge in [0.1, 0.15) is 5.60 Å². The van der Waals surface area contributed by atoms with Crippen molar-refractivity contribution in [1.82, 2.24) is 0 Å². The minimum absolute atomic E-state index is 0.0744. The fraction of sp³-hybridized carbons (Fsp3) is 0.953.